The number of oxazole rings is 1. The molecule has 0 bridgehead atoms. The van der Waals surface area contributed by atoms with Crippen LogP contribution < -0.4 is 0 Å². The zero-order valence-corrected chi connectivity index (χ0v) is 15.2. The predicted molar refractivity (Wildman–Crippen MR) is 94.5 cm³/mol. The van der Waals surface area contributed by atoms with E-state index in [0.717, 1.165) is 12.1 Å². The predicted octanol–water partition coefficient (Wildman–Crippen LogP) is 2.44. The van der Waals surface area contributed by atoms with E-state index in [1.54, 1.807) is 13.8 Å². The van der Waals surface area contributed by atoms with Gasteiger partial charge < -0.3 is 19.0 Å². The number of amides is 1. The van der Waals surface area contributed by atoms with Crippen LogP contribution in [0.3, 0.4) is 0 Å². The van der Waals surface area contributed by atoms with Crippen molar-refractivity contribution in [1.82, 2.24) is 14.8 Å². The van der Waals surface area contributed by atoms with Gasteiger partial charge in [-0.3, -0.25) is 4.79 Å². The number of hydrogen-bond acceptors (Lipinski definition) is 5. The highest BCUT2D eigenvalue weighted by Gasteiger charge is 2.38. The Labute approximate surface area is 148 Å². The van der Waals surface area contributed by atoms with Crippen LogP contribution >= 0.6 is 0 Å². The van der Waals surface area contributed by atoms with Gasteiger partial charge in [-0.1, -0.05) is 30.3 Å². The lowest BCUT2D eigenvalue weighted by Gasteiger charge is -2.42. The van der Waals surface area contributed by atoms with Crippen molar-refractivity contribution in [2.45, 2.75) is 26.0 Å². The fraction of sp³-hybridized carbons (Fsp3) is 0.474. The molecule has 0 unspecified atom stereocenters. The van der Waals surface area contributed by atoms with Gasteiger partial charge in [-0.25, -0.2) is 4.98 Å². The van der Waals surface area contributed by atoms with Crippen molar-refractivity contribution in [3.05, 3.63) is 53.2 Å². The molecule has 1 amide bonds. The van der Waals surface area contributed by atoms with Gasteiger partial charge in [0.25, 0.3) is 5.91 Å². The van der Waals surface area contributed by atoms with E-state index < -0.39 is 0 Å². The Balaban J connectivity index is 1.97. The van der Waals surface area contributed by atoms with Gasteiger partial charge in [-0.2, -0.15) is 0 Å². The van der Waals surface area contributed by atoms with Crippen LogP contribution in [0.25, 0.3) is 0 Å². The molecule has 1 fully saturated rings. The topological polar surface area (TPSA) is 58.8 Å². The summed E-state index contributed by atoms with van der Waals surface area (Å²) in [5, 5.41) is 0. The Bertz CT molecular complexity index is 727. The maximum absolute atomic E-state index is 13.2. The number of carbonyl (C=O) groups is 1. The first-order valence-electron chi connectivity index (χ1n) is 8.53. The first-order chi connectivity index (χ1) is 12.0. The number of rotatable bonds is 4. The molecule has 2 aromatic rings. The Morgan fingerprint density at radius 3 is 2.60 bits per heavy atom. The Morgan fingerprint density at radius 2 is 2.00 bits per heavy atom. The van der Waals surface area contributed by atoms with Crippen molar-refractivity contribution in [1.29, 1.82) is 0 Å². The number of hydrogen-bond donors (Lipinski definition) is 0. The fourth-order valence-electron chi connectivity index (χ4n) is 3.38. The lowest BCUT2D eigenvalue weighted by atomic mass is 9.97. The maximum atomic E-state index is 13.2. The van der Waals surface area contributed by atoms with Gasteiger partial charge in [-0.15, -0.1) is 0 Å². The number of morpholine rings is 1. The third-order valence-electron chi connectivity index (χ3n) is 4.40. The summed E-state index contributed by atoms with van der Waals surface area (Å²) >= 11 is 0. The molecule has 6 heteroatoms. The van der Waals surface area contributed by atoms with Crippen molar-refractivity contribution in [2.75, 3.05) is 33.8 Å². The summed E-state index contributed by atoms with van der Waals surface area (Å²) in [5.41, 5.74) is 1.70. The number of ether oxygens (including phenoxy) is 1. The quantitative estimate of drug-likeness (QED) is 0.853. The van der Waals surface area contributed by atoms with Crippen LogP contribution in [-0.4, -0.2) is 60.6 Å². The molecule has 1 aliphatic heterocycles. The third kappa shape index (κ3) is 3.75. The molecular weight excluding hydrogens is 318 g/mol. The number of benzene rings is 1. The molecular formula is C19H25N3O3. The first kappa shape index (κ1) is 17.6. The van der Waals surface area contributed by atoms with Gasteiger partial charge >= 0.3 is 0 Å². The minimum absolute atomic E-state index is 0.0978. The van der Waals surface area contributed by atoms with E-state index in [4.69, 9.17) is 9.15 Å². The zero-order valence-electron chi connectivity index (χ0n) is 15.2. The normalized spacial score (nSPS) is 20.9. The molecule has 0 aliphatic carbocycles. The fourth-order valence-corrected chi connectivity index (χ4v) is 3.38. The molecule has 1 aromatic carbocycles. The van der Waals surface area contributed by atoms with E-state index in [9.17, 15) is 4.79 Å². The SMILES string of the molecule is Cc1nc(C)c(C(=O)N2CCO[C@@H](CN(C)C)[C@@H]2c2ccccc2)o1. The van der Waals surface area contributed by atoms with E-state index >= 15 is 0 Å². The summed E-state index contributed by atoms with van der Waals surface area (Å²) < 4.78 is 11.6. The average Bonchev–Trinajstić information content (AvgIpc) is 2.92. The molecule has 134 valence electrons. The molecule has 2 atom stereocenters. The highest BCUT2D eigenvalue weighted by Crippen LogP contribution is 2.31. The number of aryl methyl sites for hydroxylation is 2. The molecule has 0 N–H and O–H groups in total. The van der Waals surface area contributed by atoms with Crippen molar-refractivity contribution in [3.63, 3.8) is 0 Å². The van der Waals surface area contributed by atoms with Gasteiger partial charge in [0, 0.05) is 20.0 Å². The Hall–Kier alpha value is -2.18. The maximum Gasteiger partial charge on any atom is 0.292 e. The third-order valence-corrected chi connectivity index (χ3v) is 4.40. The second kappa shape index (κ2) is 7.37. The lowest BCUT2D eigenvalue weighted by molar-refractivity contribution is -0.0692. The molecule has 6 nitrogen and oxygen atoms in total. The average molecular weight is 343 g/mol. The van der Waals surface area contributed by atoms with Crippen molar-refractivity contribution in [3.8, 4) is 0 Å². The molecule has 0 spiro atoms. The summed E-state index contributed by atoms with van der Waals surface area (Å²) in [6, 6.07) is 9.88. The van der Waals surface area contributed by atoms with Gasteiger partial charge in [0.05, 0.1) is 24.4 Å². The second-order valence-electron chi connectivity index (χ2n) is 6.67. The van der Waals surface area contributed by atoms with Gasteiger partial charge in [0.1, 0.15) is 0 Å². The monoisotopic (exact) mass is 343 g/mol. The molecule has 2 heterocycles. The van der Waals surface area contributed by atoms with Crippen LogP contribution in [0.1, 0.15) is 33.7 Å². The minimum Gasteiger partial charge on any atom is -0.436 e. The van der Waals surface area contributed by atoms with Crippen molar-refractivity contribution in [2.24, 2.45) is 0 Å². The van der Waals surface area contributed by atoms with Crippen LogP contribution in [0.2, 0.25) is 0 Å². The van der Waals surface area contributed by atoms with E-state index in [0.29, 0.717) is 30.5 Å². The summed E-state index contributed by atoms with van der Waals surface area (Å²) in [4.78, 5) is 21.4. The highest BCUT2D eigenvalue weighted by atomic mass is 16.5. The van der Waals surface area contributed by atoms with Crippen molar-refractivity contribution >= 4 is 5.91 Å². The molecule has 25 heavy (non-hydrogen) atoms. The van der Waals surface area contributed by atoms with Crippen LogP contribution in [0, 0.1) is 13.8 Å². The summed E-state index contributed by atoms with van der Waals surface area (Å²) in [6.07, 6.45) is -0.0978. The van der Waals surface area contributed by atoms with E-state index in [1.165, 1.54) is 0 Å². The van der Waals surface area contributed by atoms with Crippen LogP contribution in [0.15, 0.2) is 34.7 Å². The van der Waals surface area contributed by atoms with Crippen LogP contribution in [-0.2, 0) is 4.74 Å². The van der Waals surface area contributed by atoms with Crippen LogP contribution in [0.5, 0.6) is 0 Å². The molecule has 1 aromatic heterocycles. The summed E-state index contributed by atoms with van der Waals surface area (Å²) in [7, 11) is 4.02. The van der Waals surface area contributed by atoms with Gasteiger partial charge in [0.2, 0.25) is 5.76 Å². The Kier molecular flexibility index (Phi) is 5.20. The molecule has 1 aliphatic rings. The summed E-state index contributed by atoms with van der Waals surface area (Å²) in [5.74, 6) is 0.707. The Morgan fingerprint density at radius 1 is 1.28 bits per heavy atom. The standard InChI is InChI=1S/C19H25N3O3/c1-13-18(25-14(2)20-13)19(23)22-10-11-24-16(12-21(3)4)17(22)15-8-6-5-7-9-15/h5-9,16-17H,10-12H2,1-4H3/t16-,17-/m0/s1. The second-order valence-corrected chi connectivity index (χ2v) is 6.67. The summed E-state index contributed by atoms with van der Waals surface area (Å²) in [6.45, 7) is 5.34. The van der Waals surface area contributed by atoms with E-state index in [2.05, 4.69) is 9.88 Å². The molecule has 0 radical (unpaired) electrons. The molecule has 1 saturated heterocycles. The number of nitrogens with zero attached hydrogens (tertiary/aromatic N) is 3. The van der Waals surface area contributed by atoms with Gasteiger partial charge in [-0.05, 0) is 26.6 Å². The first-order valence-corrected chi connectivity index (χ1v) is 8.53. The lowest BCUT2D eigenvalue weighted by Crippen LogP contribution is -2.51. The smallest absolute Gasteiger partial charge is 0.292 e. The molecule has 0 saturated carbocycles. The van der Waals surface area contributed by atoms with E-state index in [-0.39, 0.29) is 18.1 Å². The largest absolute Gasteiger partial charge is 0.436 e. The minimum atomic E-state index is -0.158. The molecule has 3 rings (SSSR count). The van der Waals surface area contributed by atoms with E-state index in [1.807, 2.05) is 49.3 Å². The van der Waals surface area contributed by atoms with Crippen molar-refractivity contribution < 1.29 is 13.9 Å². The van der Waals surface area contributed by atoms with Gasteiger partial charge in [0.15, 0.2) is 5.89 Å². The highest BCUT2D eigenvalue weighted by molar-refractivity contribution is 5.93. The van der Waals surface area contributed by atoms with Crippen LogP contribution in [0.4, 0.5) is 0 Å². The number of carbonyl (C=O) groups excluding carboxylic acids is 1. The number of likely N-dealkylation sites (N-methyl/N-ethyl adjacent to an activating group) is 1. The number of aromatic nitrogens is 1. The zero-order chi connectivity index (χ0) is 18.0.